The molecule has 1 aromatic heterocycles. The maximum Gasteiger partial charge on any atom is 0.261 e. The van der Waals surface area contributed by atoms with Gasteiger partial charge in [0.25, 0.3) is 5.91 Å². The molecule has 0 saturated carbocycles. The van der Waals surface area contributed by atoms with Crippen molar-refractivity contribution in [2.75, 3.05) is 5.32 Å². The van der Waals surface area contributed by atoms with E-state index in [9.17, 15) is 9.59 Å². The molecule has 1 atom stereocenters. The highest BCUT2D eigenvalue weighted by Crippen LogP contribution is 2.20. The molecule has 116 valence electrons. The molecule has 1 N–H and O–H groups in total. The average Bonchev–Trinajstić information content (AvgIpc) is 2.83. The van der Waals surface area contributed by atoms with Gasteiger partial charge in [-0.15, -0.1) is 0 Å². The number of nitrogens with one attached hydrogen (secondary N) is 1. The Balaban J connectivity index is 1.71. The molecule has 0 radical (unpaired) electrons. The number of carbonyl (C=O) groups excluding carboxylic acids is 2. The highest BCUT2D eigenvalue weighted by molar-refractivity contribution is 6.24. The predicted octanol–water partition coefficient (Wildman–Crippen LogP) is 2.05. The number of pyridine rings is 1. The van der Waals surface area contributed by atoms with Gasteiger partial charge in [0.05, 0.1) is 12.3 Å². The van der Waals surface area contributed by atoms with Gasteiger partial charge >= 0.3 is 0 Å². The van der Waals surface area contributed by atoms with Gasteiger partial charge in [-0.2, -0.15) is 5.10 Å². The normalized spacial score (nSPS) is 17.1. The van der Waals surface area contributed by atoms with Crippen LogP contribution in [0.15, 0.2) is 59.8 Å². The molecule has 2 heterocycles. The van der Waals surface area contributed by atoms with Crippen molar-refractivity contribution in [3.63, 3.8) is 0 Å². The average molecular weight is 308 g/mol. The van der Waals surface area contributed by atoms with Crippen molar-refractivity contribution in [3.05, 3.63) is 60.3 Å². The minimum atomic E-state index is -0.902. The number of nitrogens with zero attached hydrogens (tertiary/aromatic N) is 3. The summed E-state index contributed by atoms with van der Waals surface area (Å²) in [7, 11) is 0. The third-order valence-corrected chi connectivity index (χ3v) is 3.55. The Morgan fingerprint density at radius 3 is 2.61 bits per heavy atom. The van der Waals surface area contributed by atoms with E-state index in [2.05, 4.69) is 15.4 Å². The fourth-order valence-electron chi connectivity index (χ4n) is 2.43. The molecule has 6 nitrogen and oxygen atoms in total. The molecule has 2 aromatic rings. The molecule has 0 bridgehead atoms. The highest BCUT2D eigenvalue weighted by Gasteiger charge is 2.39. The summed E-state index contributed by atoms with van der Waals surface area (Å²) in [6.45, 7) is 2.04. The SMILES string of the molecule is CC1=NN(Cc2ccccc2)C(=O)C1C(=O)Nc1ccccn1. The van der Waals surface area contributed by atoms with Crippen LogP contribution in [0.3, 0.4) is 0 Å². The van der Waals surface area contributed by atoms with E-state index >= 15 is 0 Å². The largest absolute Gasteiger partial charge is 0.310 e. The Morgan fingerprint density at radius 1 is 1.17 bits per heavy atom. The Labute approximate surface area is 133 Å². The quantitative estimate of drug-likeness (QED) is 0.878. The zero-order valence-electron chi connectivity index (χ0n) is 12.6. The molecular formula is C17H16N4O2. The molecule has 0 spiro atoms. The lowest BCUT2D eigenvalue weighted by Gasteiger charge is -2.14. The van der Waals surface area contributed by atoms with Crippen molar-refractivity contribution in [2.24, 2.45) is 11.0 Å². The van der Waals surface area contributed by atoms with Gasteiger partial charge < -0.3 is 5.32 Å². The van der Waals surface area contributed by atoms with Gasteiger partial charge in [0, 0.05) is 6.20 Å². The van der Waals surface area contributed by atoms with Gasteiger partial charge in [-0.05, 0) is 24.6 Å². The number of hydrogen-bond donors (Lipinski definition) is 1. The zero-order chi connectivity index (χ0) is 16.2. The fourth-order valence-corrected chi connectivity index (χ4v) is 2.43. The maximum atomic E-state index is 12.5. The number of aromatic nitrogens is 1. The molecule has 1 aromatic carbocycles. The first-order chi connectivity index (χ1) is 11.1. The molecular weight excluding hydrogens is 292 g/mol. The molecule has 23 heavy (non-hydrogen) atoms. The van der Waals surface area contributed by atoms with Gasteiger partial charge in [-0.3, -0.25) is 9.59 Å². The van der Waals surface area contributed by atoms with E-state index < -0.39 is 11.8 Å². The Morgan fingerprint density at radius 2 is 1.91 bits per heavy atom. The van der Waals surface area contributed by atoms with Crippen LogP contribution < -0.4 is 5.32 Å². The van der Waals surface area contributed by atoms with E-state index in [-0.39, 0.29) is 5.91 Å². The summed E-state index contributed by atoms with van der Waals surface area (Å²) >= 11 is 0. The van der Waals surface area contributed by atoms with Crippen LogP contribution in [0.25, 0.3) is 0 Å². The van der Waals surface area contributed by atoms with E-state index in [0.717, 1.165) is 5.56 Å². The Bertz CT molecular complexity index is 744. The summed E-state index contributed by atoms with van der Waals surface area (Å²) in [6.07, 6.45) is 1.58. The lowest BCUT2D eigenvalue weighted by Crippen LogP contribution is -2.36. The third-order valence-electron chi connectivity index (χ3n) is 3.55. The number of amides is 2. The first-order valence-corrected chi connectivity index (χ1v) is 7.27. The van der Waals surface area contributed by atoms with Crippen molar-refractivity contribution < 1.29 is 9.59 Å². The second-order valence-corrected chi connectivity index (χ2v) is 5.26. The summed E-state index contributed by atoms with van der Waals surface area (Å²) in [6, 6.07) is 14.7. The minimum Gasteiger partial charge on any atom is -0.310 e. The lowest BCUT2D eigenvalue weighted by atomic mass is 10.0. The molecule has 0 fully saturated rings. The Hall–Kier alpha value is -3.02. The van der Waals surface area contributed by atoms with Gasteiger partial charge in [-0.1, -0.05) is 36.4 Å². The number of benzene rings is 1. The van der Waals surface area contributed by atoms with Crippen LogP contribution in [0.1, 0.15) is 12.5 Å². The molecule has 6 heteroatoms. The van der Waals surface area contributed by atoms with E-state index in [1.807, 2.05) is 30.3 Å². The molecule has 1 unspecified atom stereocenters. The van der Waals surface area contributed by atoms with Crippen LogP contribution in [0.2, 0.25) is 0 Å². The first kappa shape index (κ1) is 14.9. The minimum absolute atomic E-state index is 0.320. The third kappa shape index (κ3) is 3.26. The number of rotatable bonds is 4. The highest BCUT2D eigenvalue weighted by atomic mass is 16.2. The van der Waals surface area contributed by atoms with Crippen LogP contribution in [-0.4, -0.2) is 27.5 Å². The summed E-state index contributed by atoms with van der Waals surface area (Å²) in [5, 5.41) is 8.22. The predicted molar refractivity (Wildman–Crippen MR) is 86.5 cm³/mol. The van der Waals surface area contributed by atoms with Gasteiger partial charge in [0.2, 0.25) is 5.91 Å². The zero-order valence-corrected chi connectivity index (χ0v) is 12.6. The first-order valence-electron chi connectivity index (χ1n) is 7.27. The molecule has 1 aliphatic heterocycles. The fraction of sp³-hybridized carbons (Fsp3) is 0.176. The number of anilines is 1. The molecule has 0 saturated heterocycles. The van der Waals surface area contributed by atoms with E-state index in [0.29, 0.717) is 18.1 Å². The number of carbonyl (C=O) groups is 2. The van der Waals surface area contributed by atoms with E-state index in [4.69, 9.17) is 0 Å². The summed E-state index contributed by atoms with van der Waals surface area (Å²) in [5.74, 6) is -1.22. The van der Waals surface area contributed by atoms with Crippen LogP contribution >= 0.6 is 0 Å². The number of hydrazone groups is 1. The van der Waals surface area contributed by atoms with Crippen molar-refractivity contribution in [3.8, 4) is 0 Å². The summed E-state index contributed by atoms with van der Waals surface area (Å²) in [4.78, 5) is 28.9. The standard InChI is InChI=1S/C17H16N4O2/c1-12-15(16(22)19-14-9-5-6-10-18-14)17(23)21(20-12)11-13-7-3-2-4-8-13/h2-10,15H,11H2,1H3,(H,18,19,22). The van der Waals surface area contributed by atoms with Crippen molar-refractivity contribution in [2.45, 2.75) is 13.5 Å². The van der Waals surface area contributed by atoms with Crippen molar-refractivity contribution in [1.29, 1.82) is 0 Å². The second-order valence-electron chi connectivity index (χ2n) is 5.26. The van der Waals surface area contributed by atoms with Crippen molar-refractivity contribution in [1.82, 2.24) is 9.99 Å². The summed E-state index contributed by atoms with van der Waals surface area (Å²) < 4.78 is 0. The number of hydrogen-bond acceptors (Lipinski definition) is 4. The van der Waals surface area contributed by atoms with Crippen LogP contribution in [0.5, 0.6) is 0 Å². The topological polar surface area (TPSA) is 74.7 Å². The van der Waals surface area contributed by atoms with Gasteiger partial charge in [0.15, 0.2) is 5.92 Å². The smallest absolute Gasteiger partial charge is 0.261 e. The lowest BCUT2D eigenvalue weighted by molar-refractivity contribution is -0.136. The van der Waals surface area contributed by atoms with Crippen LogP contribution in [-0.2, 0) is 16.1 Å². The maximum absolute atomic E-state index is 12.5. The second kappa shape index (κ2) is 6.39. The van der Waals surface area contributed by atoms with Gasteiger partial charge in [-0.25, -0.2) is 9.99 Å². The summed E-state index contributed by atoms with van der Waals surface area (Å²) in [5.41, 5.74) is 1.45. The Kier molecular flexibility index (Phi) is 4.14. The monoisotopic (exact) mass is 308 g/mol. The molecule has 3 rings (SSSR count). The van der Waals surface area contributed by atoms with Crippen molar-refractivity contribution >= 4 is 23.3 Å². The van der Waals surface area contributed by atoms with Gasteiger partial charge in [0.1, 0.15) is 5.82 Å². The van der Waals surface area contributed by atoms with E-state index in [1.165, 1.54) is 5.01 Å². The molecule has 1 aliphatic rings. The van der Waals surface area contributed by atoms with E-state index in [1.54, 1.807) is 31.3 Å². The van der Waals surface area contributed by atoms with Crippen LogP contribution in [0.4, 0.5) is 5.82 Å². The molecule has 0 aliphatic carbocycles. The van der Waals surface area contributed by atoms with Crippen LogP contribution in [0, 0.1) is 5.92 Å². The molecule has 2 amide bonds.